The van der Waals surface area contributed by atoms with Gasteiger partial charge in [-0.3, -0.25) is 18.9 Å². The quantitative estimate of drug-likeness (QED) is 0.334. The van der Waals surface area contributed by atoms with Crippen LogP contribution in [-0.2, 0) is 9.53 Å². The van der Waals surface area contributed by atoms with Crippen molar-refractivity contribution in [1.82, 2.24) is 14.3 Å². The predicted molar refractivity (Wildman–Crippen MR) is 151 cm³/mol. The fraction of sp³-hybridized carbons (Fsp3) is 0.308. The molecule has 2 saturated heterocycles. The molecule has 0 radical (unpaired) electrons. The number of methoxy groups -OCH3 is 2. The summed E-state index contributed by atoms with van der Waals surface area (Å²) in [7, 11) is 3.25. The van der Waals surface area contributed by atoms with E-state index in [-0.39, 0.29) is 11.5 Å². The van der Waals surface area contributed by atoms with Crippen LogP contribution in [0.15, 0.2) is 58.4 Å². The molecule has 0 bridgehead atoms. The fourth-order valence-electron chi connectivity index (χ4n) is 4.52. The molecule has 0 N–H and O–H groups in total. The molecule has 0 spiro atoms. The molecule has 192 valence electrons. The average molecular weight is 538 g/mol. The van der Waals surface area contributed by atoms with Crippen molar-refractivity contribution in [2.24, 2.45) is 0 Å². The van der Waals surface area contributed by atoms with Gasteiger partial charge in [-0.1, -0.05) is 42.2 Å². The third-order valence-electron chi connectivity index (χ3n) is 6.42. The molecule has 3 aromatic rings. The zero-order valence-corrected chi connectivity index (χ0v) is 22.3. The van der Waals surface area contributed by atoms with E-state index in [1.54, 1.807) is 32.6 Å². The van der Waals surface area contributed by atoms with Crippen LogP contribution in [0.1, 0.15) is 5.56 Å². The minimum absolute atomic E-state index is 0.225. The second-order valence-corrected chi connectivity index (χ2v) is 10.2. The van der Waals surface area contributed by atoms with Crippen LogP contribution in [0.4, 0.5) is 11.5 Å². The molecule has 5 rings (SSSR count). The Labute approximate surface area is 224 Å². The largest absolute Gasteiger partial charge is 0.495 e. The Morgan fingerprint density at radius 3 is 2.51 bits per heavy atom. The second-order valence-electron chi connectivity index (χ2n) is 8.56. The van der Waals surface area contributed by atoms with Crippen LogP contribution >= 0.6 is 24.0 Å². The van der Waals surface area contributed by atoms with Gasteiger partial charge in [-0.05, 0) is 30.3 Å². The number of carbonyl (C=O) groups excluding carboxylic acids is 1. The molecule has 1 aromatic carbocycles. The normalized spacial score (nSPS) is 17.4. The van der Waals surface area contributed by atoms with E-state index in [1.165, 1.54) is 21.1 Å². The minimum Gasteiger partial charge on any atom is -0.495 e. The van der Waals surface area contributed by atoms with Gasteiger partial charge in [-0.2, -0.15) is 0 Å². The van der Waals surface area contributed by atoms with Crippen LogP contribution in [0.3, 0.4) is 0 Å². The average Bonchev–Trinajstić information content (AvgIpc) is 3.20. The van der Waals surface area contributed by atoms with Crippen molar-refractivity contribution in [1.29, 1.82) is 0 Å². The predicted octanol–water partition coefficient (Wildman–Crippen LogP) is 2.88. The van der Waals surface area contributed by atoms with Gasteiger partial charge in [0.15, 0.2) is 0 Å². The van der Waals surface area contributed by atoms with Gasteiger partial charge in [0.2, 0.25) is 0 Å². The van der Waals surface area contributed by atoms with Gasteiger partial charge in [-0.25, -0.2) is 4.98 Å². The number of para-hydroxylation sites is 2. The fourth-order valence-corrected chi connectivity index (χ4v) is 5.81. The highest BCUT2D eigenvalue weighted by Gasteiger charge is 2.33. The third-order valence-corrected chi connectivity index (χ3v) is 7.80. The zero-order chi connectivity index (χ0) is 25.9. The topological polar surface area (TPSA) is 79.6 Å². The Morgan fingerprint density at radius 2 is 1.76 bits per heavy atom. The van der Waals surface area contributed by atoms with E-state index in [4.69, 9.17) is 26.7 Å². The molecule has 0 atom stereocenters. The van der Waals surface area contributed by atoms with Gasteiger partial charge in [-0.15, -0.1) is 0 Å². The molecule has 4 heterocycles. The highest BCUT2D eigenvalue weighted by Crippen LogP contribution is 2.34. The summed E-state index contributed by atoms with van der Waals surface area (Å²) in [5, 5.41) is 0. The number of thioether (sulfide) groups is 1. The number of ether oxygens (including phenoxy) is 2. The summed E-state index contributed by atoms with van der Waals surface area (Å²) in [6.45, 7) is 3.52. The number of carbonyl (C=O) groups is 1. The maximum absolute atomic E-state index is 13.6. The number of aromatic nitrogens is 2. The first-order valence-corrected chi connectivity index (χ1v) is 13.1. The Hall–Kier alpha value is -3.41. The number of rotatable bonds is 7. The van der Waals surface area contributed by atoms with Gasteiger partial charge in [0.05, 0.1) is 36.4 Å². The van der Waals surface area contributed by atoms with Crippen LogP contribution in [0.5, 0.6) is 5.75 Å². The Bertz CT molecular complexity index is 1430. The number of hydrogen-bond acceptors (Lipinski definition) is 9. The van der Waals surface area contributed by atoms with Crippen LogP contribution < -0.4 is 20.1 Å². The van der Waals surface area contributed by atoms with E-state index in [2.05, 4.69) is 9.80 Å². The van der Waals surface area contributed by atoms with Crippen LogP contribution in [0.25, 0.3) is 11.7 Å². The molecular formula is C26H27N5O4S2. The van der Waals surface area contributed by atoms with Crippen LogP contribution in [0, 0.1) is 0 Å². The van der Waals surface area contributed by atoms with E-state index in [0.717, 1.165) is 24.5 Å². The van der Waals surface area contributed by atoms with Crippen molar-refractivity contribution in [3.05, 3.63) is 69.5 Å². The minimum atomic E-state index is -0.227. The molecule has 2 aliphatic heterocycles. The van der Waals surface area contributed by atoms with E-state index in [0.29, 0.717) is 52.5 Å². The van der Waals surface area contributed by atoms with Crippen molar-refractivity contribution >= 4 is 57.4 Å². The molecule has 0 aliphatic carbocycles. The molecule has 0 saturated carbocycles. The van der Waals surface area contributed by atoms with Crippen molar-refractivity contribution in [3.63, 3.8) is 0 Å². The van der Waals surface area contributed by atoms with E-state index < -0.39 is 0 Å². The summed E-state index contributed by atoms with van der Waals surface area (Å²) in [5.74, 6) is 1.17. The van der Waals surface area contributed by atoms with Crippen molar-refractivity contribution in [2.75, 3.05) is 63.4 Å². The lowest BCUT2D eigenvalue weighted by molar-refractivity contribution is -0.122. The van der Waals surface area contributed by atoms with Crippen molar-refractivity contribution in [3.8, 4) is 5.75 Å². The Kier molecular flexibility index (Phi) is 7.45. The number of piperazine rings is 1. The maximum Gasteiger partial charge on any atom is 0.267 e. The molecule has 1 amide bonds. The lowest BCUT2D eigenvalue weighted by atomic mass is 10.2. The first kappa shape index (κ1) is 25.2. The number of hydrogen-bond donors (Lipinski definition) is 0. The first-order chi connectivity index (χ1) is 18.0. The van der Waals surface area contributed by atoms with E-state index in [9.17, 15) is 9.59 Å². The van der Waals surface area contributed by atoms with E-state index in [1.807, 2.05) is 36.4 Å². The van der Waals surface area contributed by atoms with Crippen molar-refractivity contribution < 1.29 is 14.3 Å². The summed E-state index contributed by atoms with van der Waals surface area (Å²) in [6.07, 6.45) is 3.33. The van der Waals surface area contributed by atoms with Gasteiger partial charge in [0, 0.05) is 39.5 Å². The number of anilines is 2. The second kappa shape index (κ2) is 10.9. The van der Waals surface area contributed by atoms with Crippen LogP contribution in [-0.4, -0.2) is 78.1 Å². The number of nitrogens with zero attached hydrogens (tertiary/aromatic N) is 5. The number of fused-ring (bicyclic) bond motifs is 1. The molecule has 2 aliphatic rings. The molecular weight excluding hydrogens is 510 g/mol. The number of pyridine rings is 1. The maximum atomic E-state index is 13.6. The van der Waals surface area contributed by atoms with Gasteiger partial charge >= 0.3 is 0 Å². The highest BCUT2D eigenvalue weighted by molar-refractivity contribution is 8.26. The molecule has 2 aromatic heterocycles. The smallest absolute Gasteiger partial charge is 0.267 e. The molecule has 9 nitrogen and oxygen atoms in total. The summed E-state index contributed by atoms with van der Waals surface area (Å²) in [4.78, 5) is 37.9. The summed E-state index contributed by atoms with van der Waals surface area (Å²) < 4.78 is 12.6. The lowest BCUT2D eigenvalue weighted by Gasteiger charge is -2.37. The number of thiocarbonyl (C=S) groups is 1. The standard InChI is InChI=1S/C26H27N5O4S2/c1-34-16-15-31-25(33)21(37-26(31)36)17-18-23(27-22-9-5-6-10-30(22)24(18)32)29-13-11-28(12-14-29)19-7-3-4-8-20(19)35-2/h3-10,17H,11-16H2,1-2H3. The first-order valence-electron chi connectivity index (χ1n) is 11.9. The molecule has 2 fully saturated rings. The van der Waals surface area contributed by atoms with Gasteiger partial charge in [0.25, 0.3) is 11.5 Å². The van der Waals surface area contributed by atoms with E-state index >= 15 is 0 Å². The summed E-state index contributed by atoms with van der Waals surface area (Å²) in [6, 6.07) is 13.4. The van der Waals surface area contributed by atoms with Crippen molar-refractivity contribution in [2.45, 2.75) is 0 Å². The molecule has 11 heteroatoms. The van der Waals surface area contributed by atoms with Gasteiger partial charge in [0.1, 0.15) is 21.5 Å². The molecule has 37 heavy (non-hydrogen) atoms. The third kappa shape index (κ3) is 4.94. The SMILES string of the molecule is COCCN1C(=O)C(=Cc2c(N3CCN(c4ccccc4OC)CC3)nc3ccccn3c2=O)SC1=S. The number of benzene rings is 1. The van der Waals surface area contributed by atoms with Gasteiger partial charge < -0.3 is 19.3 Å². The Morgan fingerprint density at radius 1 is 1.03 bits per heavy atom. The monoisotopic (exact) mass is 537 g/mol. The Balaban J connectivity index is 1.49. The lowest BCUT2D eigenvalue weighted by Crippen LogP contribution is -2.47. The highest BCUT2D eigenvalue weighted by atomic mass is 32.2. The summed E-state index contributed by atoms with van der Waals surface area (Å²) >= 11 is 6.61. The molecule has 0 unspecified atom stereocenters. The summed E-state index contributed by atoms with van der Waals surface area (Å²) in [5.41, 5.74) is 1.74. The number of amides is 1. The van der Waals surface area contributed by atoms with Crippen LogP contribution in [0.2, 0.25) is 0 Å². The zero-order valence-electron chi connectivity index (χ0n) is 20.6.